The minimum Gasteiger partial charge on any atom is -0.507 e. The second-order valence-corrected chi connectivity index (χ2v) is 9.83. The van der Waals surface area contributed by atoms with Gasteiger partial charge in [0.25, 0.3) is 0 Å². The van der Waals surface area contributed by atoms with E-state index in [0.29, 0.717) is 5.56 Å². The molecule has 14 heteroatoms. The Morgan fingerprint density at radius 3 is 2.05 bits per heavy atom. The zero-order valence-electron chi connectivity index (χ0n) is 20.9. The minimum absolute atomic E-state index is 0.114. The summed E-state index contributed by atoms with van der Waals surface area (Å²) in [5.74, 6) is -2.91. The summed E-state index contributed by atoms with van der Waals surface area (Å²) in [6.45, 7) is 0.194. The van der Waals surface area contributed by atoms with Gasteiger partial charge in [-0.3, -0.25) is 9.59 Å². The van der Waals surface area contributed by atoms with Crippen LogP contribution < -0.4 is 4.74 Å². The van der Waals surface area contributed by atoms with E-state index in [2.05, 4.69) is 0 Å². The summed E-state index contributed by atoms with van der Waals surface area (Å²) in [5, 5.41) is 81.7. The molecule has 0 bridgehead atoms. The molecule has 0 amide bonds. The van der Waals surface area contributed by atoms with Gasteiger partial charge in [-0.1, -0.05) is 0 Å². The monoisotopic (exact) mass is 564 g/mol. The standard InChI is InChI=1S/C26H28O14/c1-8-4-9-15(11(30)5-8)20(33)17-12(3-2-10(29)16(17)18(9)31)37-25-23(36)21(34)24(14(7-28)39-25)40-26-22(35)19(32)13(6-27)38-26/h2-5,13-14,19,21-30,32,34-36H,6-7H2,1H3. The third-order valence-corrected chi connectivity index (χ3v) is 7.19. The van der Waals surface area contributed by atoms with Gasteiger partial charge >= 0.3 is 0 Å². The van der Waals surface area contributed by atoms with Crippen LogP contribution in [0, 0.1) is 6.92 Å². The normalized spacial score (nSPS) is 33.5. The number of hydrogen-bond donors (Lipinski definition) is 8. The molecule has 2 fully saturated rings. The molecule has 0 aromatic heterocycles. The van der Waals surface area contributed by atoms with E-state index in [1.165, 1.54) is 12.1 Å². The van der Waals surface area contributed by atoms with Crippen LogP contribution in [0.25, 0.3) is 0 Å². The van der Waals surface area contributed by atoms with Gasteiger partial charge < -0.3 is 59.8 Å². The lowest BCUT2D eigenvalue weighted by molar-refractivity contribution is -0.315. The van der Waals surface area contributed by atoms with Crippen LogP contribution in [0.4, 0.5) is 0 Å². The fourth-order valence-electron chi connectivity index (χ4n) is 5.15. The number of aliphatic hydroxyl groups is 6. The molecule has 0 radical (unpaired) electrons. The summed E-state index contributed by atoms with van der Waals surface area (Å²) >= 11 is 0. The van der Waals surface area contributed by atoms with Gasteiger partial charge in [0.15, 0.2) is 12.1 Å². The number of rotatable bonds is 6. The van der Waals surface area contributed by atoms with E-state index in [9.17, 15) is 50.4 Å². The fourth-order valence-corrected chi connectivity index (χ4v) is 5.15. The number of phenols is 2. The number of ether oxygens (including phenoxy) is 4. The molecule has 8 N–H and O–H groups in total. The molecule has 2 heterocycles. The molecule has 216 valence electrons. The van der Waals surface area contributed by atoms with E-state index in [0.717, 1.165) is 12.1 Å². The number of aromatic hydroxyl groups is 2. The van der Waals surface area contributed by atoms with Crippen molar-refractivity contribution in [2.45, 2.75) is 62.2 Å². The molecular formula is C26H28O14. The predicted molar refractivity (Wildman–Crippen MR) is 129 cm³/mol. The molecule has 2 aromatic rings. The number of benzene rings is 2. The molecule has 2 aliphatic heterocycles. The summed E-state index contributed by atoms with van der Waals surface area (Å²) in [4.78, 5) is 26.7. The van der Waals surface area contributed by atoms with Crippen LogP contribution in [0.3, 0.4) is 0 Å². The van der Waals surface area contributed by atoms with Crippen molar-refractivity contribution in [2.24, 2.45) is 0 Å². The highest BCUT2D eigenvalue weighted by atomic mass is 16.7. The summed E-state index contributed by atoms with van der Waals surface area (Å²) in [7, 11) is 0. The van der Waals surface area contributed by atoms with Crippen molar-refractivity contribution in [1.29, 1.82) is 0 Å². The lowest BCUT2D eigenvalue weighted by Crippen LogP contribution is -2.62. The maximum atomic E-state index is 13.4. The van der Waals surface area contributed by atoms with E-state index in [4.69, 9.17) is 18.9 Å². The number of hydrogen-bond acceptors (Lipinski definition) is 14. The molecule has 9 atom stereocenters. The number of phenolic OH excluding ortho intramolecular Hbond substituents is 2. The zero-order chi connectivity index (χ0) is 29.0. The highest BCUT2D eigenvalue weighted by Gasteiger charge is 2.51. The first-order chi connectivity index (χ1) is 19.0. The fraction of sp³-hybridized carbons (Fsp3) is 0.462. The van der Waals surface area contributed by atoms with Gasteiger partial charge in [-0.05, 0) is 36.8 Å². The van der Waals surface area contributed by atoms with Crippen LogP contribution >= 0.6 is 0 Å². The van der Waals surface area contributed by atoms with Gasteiger partial charge in [0, 0.05) is 5.56 Å². The molecule has 1 aliphatic carbocycles. The molecule has 40 heavy (non-hydrogen) atoms. The van der Waals surface area contributed by atoms with Crippen LogP contribution in [-0.2, 0) is 14.2 Å². The molecule has 9 unspecified atom stereocenters. The molecule has 5 rings (SSSR count). The van der Waals surface area contributed by atoms with Crippen molar-refractivity contribution in [3.63, 3.8) is 0 Å². The van der Waals surface area contributed by atoms with Gasteiger partial charge in [-0.15, -0.1) is 0 Å². The maximum Gasteiger partial charge on any atom is 0.229 e. The van der Waals surface area contributed by atoms with Crippen molar-refractivity contribution in [3.8, 4) is 17.2 Å². The number of carbonyl (C=O) groups is 2. The number of aryl methyl sites for hydroxylation is 1. The Kier molecular flexibility index (Phi) is 7.56. The van der Waals surface area contributed by atoms with Gasteiger partial charge in [0.1, 0.15) is 60.0 Å². The number of ketones is 2. The Labute approximate surface area is 226 Å². The predicted octanol–water partition coefficient (Wildman–Crippen LogP) is -2.18. The number of aliphatic hydroxyl groups excluding tert-OH is 6. The van der Waals surface area contributed by atoms with E-state index in [-0.39, 0.29) is 16.9 Å². The highest BCUT2D eigenvalue weighted by Crippen LogP contribution is 2.42. The van der Waals surface area contributed by atoms with Crippen molar-refractivity contribution < 1.29 is 69.4 Å². The second-order valence-electron chi connectivity index (χ2n) is 9.83. The summed E-state index contributed by atoms with van der Waals surface area (Å²) in [5.41, 5.74) is -0.715. The van der Waals surface area contributed by atoms with Gasteiger partial charge in [-0.2, -0.15) is 0 Å². The molecule has 0 spiro atoms. The Hall–Kier alpha value is -3.18. The molecule has 0 saturated carbocycles. The summed E-state index contributed by atoms with van der Waals surface area (Å²) in [6.07, 6.45) is -14.2. The first-order valence-corrected chi connectivity index (χ1v) is 12.3. The molecule has 3 aliphatic rings. The lowest BCUT2D eigenvalue weighted by atomic mass is 9.82. The first kappa shape index (κ1) is 28.4. The average molecular weight is 564 g/mol. The van der Waals surface area contributed by atoms with Crippen LogP contribution in [-0.4, -0.2) is 121 Å². The summed E-state index contributed by atoms with van der Waals surface area (Å²) < 4.78 is 22.0. The second kappa shape index (κ2) is 10.7. The van der Waals surface area contributed by atoms with E-state index >= 15 is 0 Å². The molecule has 14 nitrogen and oxygen atoms in total. The third-order valence-electron chi connectivity index (χ3n) is 7.19. The average Bonchev–Trinajstić information content (AvgIpc) is 3.19. The smallest absolute Gasteiger partial charge is 0.229 e. The van der Waals surface area contributed by atoms with Gasteiger partial charge in [0.2, 0.25) is 12.1 Å². The molecular weight excluding hydrogens is 536 g/mol. The number of carbonyl (C=O) groups excluding carboxylic acids is 2. The lowest BCUT2D eigenvalue weighted by Gasteiger charge is -2.42. The molecule has 2 saturated heterocycles. The minimum atomic E-state index is -1.88. The Balaban J connectivity index is 1.42. The largest absolute Gasteiger partial charge is 0.507 e. The van der Waals surface area contributed by atoms with Gasteiger partial charge in [0.05, 0.1) is 29.9 Å². The van der Waals surface area contributed by atoms with Crippen LogP contribution in [0.1, 0.15) is 37.4 Å². The highest BCUT2D eigenvalue weighted by molar-refractivity contribution is 6.31. The topological polar surface area (TPSA) is 233 Å². The van der Waals surface area contributed by atoms with Crippen molar-refractivity contribution >= 4 is 11.6 Å². The SMILES string of the molecule is Cc1cc(O)c2c(c1)C(=O)c1c(O)ccc(OC3OC(CO)C(OC4OC(CO)C(O)C4O)C(O)C3O)c1C2=O. The van der Waals surface area contributed by atoms with Crippen molar-refractivity contribution in [3.05, 3.63) is 52.1 Å². The summed E-state index contributed by atoms with van der Waals surface area (Å²) in [6, 6.07) is 4.91. The van der Waals surface area contributed by atoms with Crippen LogP contribution in [0.15, 0.2) is 24.3 Å². The van der Waals surface area contributed by atoms with Crippen molar-refractivity contribution in [1.82, 2.24) is 0 Å². The van der Waals surface area contributed by atoms with Gasteiger partial charge in [-0.25, -0.2) is 0 Å². The van der Waals surface area contributed by atoms with Crippen molar-refractivity contribution in [2.75, 3.05) is 13.2 Å². The number of fused-ring (bicyclic) bond motifs is 2. The Morgan fingerprint density at radius 1 is 0.750 bits per heavy atom. The quantitative estimate of drug-likeness (QED) is 0.159. The Morgan fingerprint density at radius 2 is 1.40 bits per heavy atom. The zero-order valence-corrected chi connectivity index (χ0v) is 20.9. The third kappa shape index (κ3) is 4.52. The van der Waals surface area contributed by atoms with E-state index in [1.54, 1.807) is 6.92 Å². The maximum absolute atomic E-state index is 13.4. The van der Waals surface area contributed by atoms with Crippen LogP contribution in [0.2, 0.25) is 0 Å². The van der Waals surface area contributed by atoms with Crippen LogP contribution in [0.5, 0.6) is 17.2 Å². The van der Waals surface area contributed by atoms with E-state index in [1.807, 2.05) is 0 Å². The molecule has 2 aromatic carbocycles. The first-order valence-electron chi connectivity index (χ1n) is 12.3. The Bertz CT molecular complexity index is 1320. The van der Waals surface area contributed by atoms with E-state index < -0.39 is 103 Å².